The van der Waals surface area contributed by atoms with Gasteiger partial charge < -0.3 is 5.32 Å². The summed E-state index contributed by atoms with van der Waals surface area (Å²) in [4.78, 5) is 2.23. The lowest BCUT2D eigenvalue weighted by molar-refractivity contribution is -0.137. The average molecular weight is 329 g/mol. The van der Waals surface area contributed by atoms with Crippen LogP contribution >= 0.6 is 24.0 Å². The number of benzene rings is 1. The number of piperazine rings is 1. The summed E-state index contributed by atoms with van der Waals surface area (Å²) in [5.74, 6) is 0. The number of rotatable bonds is 2. The van der Waals surface area contributed by atoms with Crippen LogP contribution in [0.3, 0.4) is 0 Å². The van der Waals surface area contributed by atoms with Crippen molar-refractivity contribution in [2.75, 3.05) is 26.2 Å². The van der Waals surface area contributed by atoms with E-state index < -0.39 is 11.7 Å². The summed E-state index contributed by atoms with van der Waals surface area (Å²) >= 11 is 5.75. The van der Waals surface area contributed by atoms with Gasteiger partial charge in [-0.15, -0.1) is 12.4 Å². The molecule has 7 heteroatoms. The van der Waals surface area contributed by atoms with E-state index in [0.29, 0.717) is 0 Å². The van der Waals surface area contributed by atoms with Crippen LogP contribution in [0, 0.1) is 0 Å². The topological polar surface area (TPSA) is 15.3 Å². The molecular weight excluding hydrogens is 312 g/mol. The van der Waals surface area contributed by atoms with Crippen molar-refractivity contribution in [2.45, 2.75) is 19.1 Å². The third-order valence-electron chi connectivity index (χ3n) is 3.48. The molecule has 1 atom stereocenters. The lowest BCUT2D eigenvalue weighted by atomic mass is 10.0. The number of nitrogens with zero attached hydrogens (tertiary/aromatic N) is 1. The Kier molecular flexibility index (Phi) is 6.13. The Morgan fingerprint density at radius 1 is 1.25 bits per heavy atom. The molecule has 0 spiro atoms. The van der Waals surface area contributed by atoms with Crippen LogP contribution in [0.2, 0.25) is 5.02 Å². The second kappa shape index (κ2) is 6.98. The van der Waals surface area contributed by atoms with Gasteiger partial charge in [0.2, 0.25) is 0 Å². The number of alkyl halides is 3. The van der Waals surface area contributed by atoms with Crippen molar-refractivity contribution in [1.82, 2.24) is 10.2 Å². The van der Waals surface area contributed by atoms with Crippen LogP contribution in [-0.2, 0) is 6.18 Å². The number of nitrogens with one attached hydrogen (secondary N) is 1. The summed E-state index contributed by atoms with van der Waals surface area (Å²) in [6, 6.07) is 4.08. The minimum absolute atomic E-state index is 0. The van der Waals surface area contributed by atoms with E-state index in [1.807, 2.05) is 6.92 Å². The fourth-order valence-electron chi connectivity index (χ4n) is 2.30. The van der Waals surface area contributed by atoms with Gasteiger partial charge in [0.1, 0.15) is 0 Å². The fourth-order valence-corrected chi connectivity index (χ4v) is 2.60. The van der Waals surface area contributed by atoms with E-state index in [-0.39, 0.29) is 23.5 Å². The van der Waals surface area contributed by atoms with Crippen LogP contribution in [0.15, 0.2) is 18.2 Å². The van der Waals surface area contributed by atoms with Crippen molar-refractivity contribution in [3.05, 3.63) is 34.3 Å². The quantitative estimate of drug-likeness (QED) is 0.889. The van der Waals surface area contributed by atoms with Crippen molar-refractivity contribution in [3.63, 3.8) is 0 Å². The molecule has 0 amide bonds. The van der Waals surface area contributed by atoms with E-state index in [1.165, 1.54) is 12.1 Å². The Hall–Kier alpha value is -0.490. The molecule has 0 saturated carbocycles. The van der Waals surface area contributed by atoms with E-state index in [1.54, 1.807) is 0 Å². The zero-order valence-corrected chi connectivity index (χ0v) is 12.6. The first-order chi connectivity index (χ1) is 8.89. The molecule has 0 bridgehead atoms. The molecule has 0 aromatic heterocycles. The predicted octanol–water partition coefficient (Wildman–Crippen LogP) is 3.75. The molecule has 20 heavy (non-hydrogen) atoms. The van der Waals surface area contributed by atoms with Gasteiger partial charge in [0.05, 0.1) is 10.6 Å². The lowest BCUT2D eigenvalue weighted by Gasteiger charge is -2.33. The summed E-state index contributed by atoms with van der Waals surface area (Å²) in [5.41, 5.74) is 0.0466. The van der Waals surface area contributed by atoms with Crippen LogP contribution < -0.4 is 5.32 Å². The van der Waals surface area contributed by atoms with Gasteiger partial charge in [-0.2, -0.15) is 13.2 Å². The number of hydrogen-bond acceptors (Lipinski definition) is 2. The van der Waals surface area contributed by atoms with Crippen molar-refractivity contribution < 1.29 is 13.2 Å². The van der Waals surface area contributed by atoms with Crippen molar-refractivity contribution in [2.24, 2.45) is 0 Å². The second-order valence-electron chi connectivity index (χ2n) is 4.70. The second-order valence-corrected chi connectivity index (χ2v) is 5.11. The normalized spacial score (nSPS) is 18.4. The monoisotopic (exact) mass is 328 g/mol. The highest BCUT2D eigenvalue weighted by Gasteiger charge is 2.33. The Bertz CT molecular complexity index is 446. The molecule has 0 radical (unpaired) electrons. The van der Waals surface area contributed by atoms with E-state index >= 15 is 0 Å². The van der Waals surface area contributed by atoms with Gasteiger partial charge in [-0.25, -0.2) is 0 Å². The molecule has 1 fully saturated rings. The molecule has 1 aliphatic rings. The van der Waals surface area contributed by atoms with Crippen LogP contribution in [-0.4, -0.2) is 31.1 Å². The molecular formula is C13H17Cl2F3N2. The van der Waals surface area contributed by atoms with Gasteiger partial charge in [-0.05, 0) is 24.6 Å². The highest BCUT2D eigenvalue weighted by Crippen LogP contribution is 2.36. The summed E-state index contributed by atoms with van der Waals surface area (Å²) in [6.07, 6.45) is -4.39. The van der Waals surface area contributed by atoms with Crippen LogP contribution in [0.25, 0.3) is 0 Å². The lowest BCUT2D eigenvalue weighted by Crippen LogP contribution is -2.44. The smallest absolute Gasteiger partial charge is 0.314 e. The van der Waals surface area contributed by atoms with Gasteiger partial charge in [-0.1, -0.05) is 17.7 Å². The van der Waals surface area contributed by atoms with Crippen LogP contribution in [0.5, 0.6) is 0 Å². The minimum Gasteiger partial charge on any atom is -0.314 e. The van der Waals surface area contributed by atoms with Crippen LogP contribution in [0.4, 0.5) is 13.2 Å². The van der Waals surface area contributed by atoms with Crippen molar-refractivity contribution in [3.8, 4) is 0 Å². The Balaban J connectivity index is 0.00000200. The van der Waals surface area contributed by atoms with Gasteiger partial charge in [0.15, 0.2) is 0 Å². The maximum atomic E-state index is 12.6. The van der Waals surface area contributed by atoms with E-state index in [0.717, 1.165) is 37.8 Å². The molecule has 0 unspecified atom stereocenters. The molecule has 2 rings (SSSR count). The third kappa shape index (κ3) is 4.01. The first-order valence-corrected chi connectivity index (χ1v) is 6.59. The van der Waals surface area contributed by atoms with E-state index in [4.69, 9.17) is 11.6 Å². The van der Waals surface area contributed by atoms with Crippen molar-refractivity contribution in [1.29, 1.82) is 0 Å². The first-order valence-electron chi connectivity index (χ1n) is 6.21. The molecule has 2 nitrogen and oxygen atoms in total. The Morgan fingerprint density at radius 3 is 2.35 bits per heavy atom. The third-order valence-corrected chi connectivity index (χ3v) is 3.79. The largest absolute Gasteiger partial charge is 0.417 e. The Morgan fingerprint density at radius 2 is 1.85 bits per heavy atom. The maximum Gasteiger partial charge on any atom is 0.417 e. The summed E-state index contributed by atoms with van der Waals surface area (Å²) in [7, 11) is 0. The summed E-state index contributed by atoms with van der Waals surface area (Å²) in [6.45, 7) is 5.57. The molecule has 1 heterocycles. The highest BCUT2D eigenvalue weighted by atomic mass is 35.5. The van der Waals surface area contributed by atoms with E-state index in [9.17, 15) is 13.2 Å². The number of halogens is 5. The Labute approximate surface area is 127 Å². The minimum atomic E-state index is -4.39. The fraction of sp³-hybridized carbons (Fsp3) is 0.538. The SMILES string of the molecule is C[C@H](c1ccc(C(F)(F)F)c(Cl)c1)N1CCNCC1.Cl. The molecule has 1 saturated heterocycles. The van der Waals surface area contributed by atoms with E-state index in [2.05, 4.69) is 10.2 Å². The molecule has 1 aromatic rings. The highest BCUT2D eigenvalue weighted by molar-refractivity contribution is 6.31. The summed E-state index contributed by atoms with van der Waals surface area (Å²) in [5, 5.41) is 3.02. The predicted molar refractivity (Wildman–Crippen MR) is 76.6 cm³/mol. The zero-order chi connectivity index (χ0) is 14.0. The number of hydrogen-bond donors (Lipinski definition) is 1. The molecule has 1 aliphatic heterocycles. The van der Waals surface area contributed by atoms with Gasteiger partial charge in [-0.3, -0.25) is 4.90 Å². The molecule has 1 N–H and O–H groups in total. The van der Waals surface area contributed by atoms with Gasteiger partial charge in [0, 0.05) is 32.2 Å². The van der Waals surface area contributed by atoms with Gasteiger partial charge >= 0.3 is 6.18 Å². The van der Waals surface area contributed by atoms with Crippen molar-refractivity contribution >= 4 is 24.0 Å². The first kappa shape index (κ1) is 17.6. The zero-order valence-electron chi connectivity index (χ0n) is 11.0. The molecule has 1 aromatic carbocycles. The standard InChI is InChI=1S/C13H16ClF3N2.ClH/c1-9(19-6-4-18-5-7-19)10-2-3-11(12(14)8-10)13(15,16)17;/h2-3,8-9,18H,4-7H2,1H3;1H/t9-;/m1./s1. The molecule has 114 valence electrons. The summed E-state index contributed by atoms with van der Waals surface area (Å²) < 4.78 is 37.9. The molecule has 0 aliphatic carbocycles. The average Bonchev–Trinajstić information content (AvgIpc) is 2.37. The van der Waals surface area contributed by atoms with Gasteiger partial charge in [0.25, 0.3) is 0 Å². The maximum absolute atomic E-state index is 12.6. The van der Waals surface area contributed by atoms with Crippen LogP contribution in [0.1, 0.15) is 24.1 Å².